The Morgan fingerprint density at radius 3 is 2.81 bits per heavy atom. The van der Waals surface area contributed by atoms with Crippen LogP contribution in [0.4, 0.5) is 5.82 Å². The number of benzene rings is 1. The average molecular weight is 380 g/mol. The average Bonchev–Trinajstić information content (AvgIpc) is 3.39. The first-order valence-corrected chi connectivity index (χ1v) is 9.09. The third-order valence-electron chi connectivity index (χ3n) is 3.95. The van der Waals surface area contributed by atoms with Crippen LogP contribution in [0, 0.1) is 0 Å². The number of hydrogen-bond donors (Lipinski definition) is 3. The molecule has 0 atom stereocenters. The van der Waals surface area contributed by atoms with Crippen LogP contribution in [0.1, 0.15) is 26.0 Å². The van der Waals surface area contributed by atoms with Crippen molar-refractivity contribution in [2.45, 2.75) is 6.54 Å². The molecule has 0 aliphatic carbocycles. The third-order valence-corrected chi connectivity index (χ3v) is 4.82. The van der Waals surface area contributed by atoms with Crippen molar-refractivity contribution in [3.63, 3.8) is 0 Å². The number of nitrogens with zero attached hydrogens (tertiary/aromatic N) is 3. The Balaban J connectivity index is 1.42. The summed E-state index contributed by atoms with van der Waals surface area (Å²) in [5.74, 6) is 0.527. The molecule has 0 saturated carbocycles. The highest BCUT2D eigenvalue weighted by Crippen LogP contribution is 2.14. The second-order valence-corrected chi connectivity index (χ2v) is 6.80. The number of nitrogens with one attached hydrogen (secondary N) is 3. The molecule has 9 heteroatoms. The van der Waals surface area contributed by atoms with Gasteiger partial charge in [0.05, 0.1) is 22.5 Å². The second kappa shape index (κ2) is 7.04. The van der Waals surface area contributed by atoms with E-state index >= 15 is 0 Å². The van der Waals surface area contributed by atoms with Gasteiger partial charge in [0.25, 0.3) is 11.8 Å². The normalized spacial score (nSPS) is 10.9. The Bertz CT molecular complexity index is 1080. The highest BCUT2D eigenvalue weighted by atomic mass is 32.1. The number of amides is 2. The first kappa shape index (κ1) is 17.0. The summed E-state index contributed by atoms with van der Waals surface area (Å²) in [6.07, 6.45) is 0. The molecular weight excluding hydrogens is 364 g/mol. The maximum atomic E-state index is 12.4. The molecule has 0 aliphatic rings. The number of H-pyrrole nitrogens is 1. The SMILES string of the molecule is Cn1nc(C(=O)NCc2nc3ccccc3[nH]2)cc1NC(=O)c1cccs1. The van der Waals surface area contributed by atoms with Crippen LogP contribution in [0.25, 0.3) is 11.0 Å². The molecular formula is C18H16N6O2S. The smallest absolute Gasteiger partial charge is 0.272 e. The minimum absolute atomic E-state index is 0.218. The van der Waals surface area contributed by atoms with E-state index in [2.05, 4.69) is 25.7 Å². The molecule has 4 aromatic rings. The number of carbonyl (C=O) groups excluding carboxylic acids is 2. The van der Waals surface area contributed by atoms with Crippen molar-refractivity contribution >= 4 is 40.0 Å². The summed E-state index contributed by atoms with van der Waals surface area (Å²) in [7, 11) is 1.67. The Morgan fingerprint density at radius 1 is 1.19 bits per heavy atom. The monoisotopic (exact) mass is 380 g/mol. The third kappa shape index (κ3) is 3.58. The molecule has 3 N–H and O–H groups in total. The molecule has 4 rings (SSSR count). The number of imidazole rings is 1. The van der Waals surface area contributed by atoms with E-state index in [9.17, 15) is 9.59 Å². The van der Waals surface area contributed by atoms with Crippen LogP contribution in [0.2, 0.25) is 0 Å². The lowest BCUT2D eigenvalue weighted by atomic mass is 10.3. The number of fused-ring (bicyclic) bond motifs is 1. The molecule has 1 aromatic carbocycles. The number of anilines is 1. The minimum atomic E-state index is -0.345. The molecule has 0 bridgehead atoms. The largest absolute Gasteiger partial charge is 0.343 e. The molecule has 0 saturated heterocycles. The van der Waals surface area contributed by atoms with Gasteiger partial charge in [0.2, 0.25) is 0 Å². The molecule has 2 amide bonds. The molecule has 136 valence electrons. The molecule has 0 radical (unpaired) electrons. The highest BCUT2D eigenvalue weighted by molar-refractivity contribution is 7.12. The van der Waals surface area contributed by atoms with Crippen LogP contribution >= 0.6 is 11.3 Å². The molecule has 8 nitrogen and oxygen atoms in total. The Kier molecular flexibility index (Phi) is 4.43. The van der Waals surface area contributed by atoms with Gasteiger partial charge in [0.15, 0.2) is 5.69 Å². The number of para-hydroxylation sites is 2. The lowest BCUT2D eigenvalue weighted by molar-refractivity contribution is 0.0943. The van der Waals surface area contributed by atoms with E-state index in [0.29, 0.717) is 16.5 Å². The molecule has 3 aromatic heterocycles. The maximum absolute atomic E-state index is 12.4. The number of aryl methyl sites for hydroxylation is 1. The van der Waals surface area contributed by atoms with E-state index in [1.165, 1.54) is 16.0 Å². The van der Waals surface area contributed by atoms with Gasteiger partial charge < -0.3 is 15.6 Å². The molecule has 0 spiro atoms. The standard InChI is InChI=1S/C18H16N6O2S/c1-24-16(22-18(26)14-7-4-8-27-14)9-13(23-24)17(25)19-10-15-20-11-5-2-3-6-12(11)21-15/h2-9H,10H2,1H3,(H,19,25)(H,20,21)(H,22,26). The number of hydrogen-bond acceptors (Lipinski definition) is 5. The van der Waals surface area contributed by atoms with Crippen LogP contribution in [0.3, 0.4) is 0 Å². The number of thiophene rings is 1. The minimum Gasteiger partial charge on any atom is -0.343 e. The van der Waals surface area contributed by atoms with E-state index in [4.69, 9.17) is 0 Å². The summed E-state index contributed by atoms with van der Waals surface area (Å²) in [6, 6.07) is 12.7. The zero-order chi connectivity index (χ0) is 18.8. The van der Waals surface area contributed by atoms with E-state index < -0.39 is 0 Å². The summed E-state index contributed by atoms with van der Waals surface area (Å²) in [4.78, 5) is 32.7. The fourth-order valence-corrected chi connectivity index (χ4v) is 3.24. The number of carbonyl (C=O) groups is 2. The molecule has 27 heavy (non-hydrogen) atoms. The zero-order valence-electron chi connectivity index (χ0n) is 14.4. The van der Waals surface area contributed by atoms with Crippen LogP contribution in [0.5, 0.6) is 0 Å². The molecule has 0 fully saturated rings. The van der Waals surface area contributed by atoms with Gasteiger partial charge in [-0.2, -0.15) is 5.10 Å². The molecule has 0 aliphatic heterocycles. The first-order valence-electron chi connectivity index (χ1n) is 8.21. The van der Waals surface area contributed by atoms with E-state index in [1.807, 2.05) is 29.6 Å². The van der Waals surface area contributed by atoms with E-state index in [0.717, 1.165) is 11.0 Å². The topological polar surface area (TPSA) is 105 Å². The fourth-order valence-electron chi connectivity index (χ4n) is 2.62. The van der Waals surface area contributed by atoms with Gasteiger partial charge >= 0.3 is 0 Å². The first-order chi connectivity index (χ1) is 13.1. The Labute approximate surface area is 158 Å². The lowest BCUT2D eigenvalue weighted by Crippen LogP contribution is -2.24. The van der Waals surface area contributed by atoms with Gasteiger partial charge in [-0.15, -0.1) is 11.3 Å². The van der Waals surface area contributed by atoms with Crippen LogP contribution in [-0.4, -0.2) is 31.6 Å². The fraction of sp³-hybridized carbons (Fsp3) is 0.111. The highest BCUT2D eigenvalue weighted by Gasteiger charge is 2.16. The summed E-state index contributed by atoms with van der Waals surface area (Å²) >= 11 is 1.35. The van der Waals surface area contributed by atoms with Crippen molar-refractivity contribution in [3.05, 3.63) is 64.2 Å². The van der Waals surface area contributed by atoms with Gasteiger partial charge in [-0.25, -0.2) is 4.98 Å². The summed E-state index contributed by atoms with van der Waals surface area (Å²) in [5.41, 5.74) is 1.98. The van der Waals surface area contributed by atoms with Crippen molar-refractivity contribution < 1.29 is 9.59 Å². The van der Waals surface area contributed by atoms with E-state index in [1.54, 1.807) is 25.2 Å². The van der Waals surface area contributed by atoms with Crippen LogP contribution in [0.15, 0.2) is 47.8 Å². The quantitative estimate of drug-likeness (QED) is 0.495. The van der Waals surface area contributed by atoms with Crippen LogP contribution in [-0.2, 0) is 13.6 Å². The summed E-state index contributed by atoms with van der Waals surface area (Å²) < 4.78 is 1.46. The second-order valence-electron chi connectivity index (χ2n) is 5.85. The van der Waals surface area contributed by atoms with Crippen LogP contribution < -0.4 is 10.6 Å². The van der Waals surface area contributed by atoms with Gasteiger partial charge in [-0.05, 0) is 23.6 Å². The van der Waals surface area contributed by atoms with Gasteiger partial charge in [-0.1, -0.05) is 18.2 Å². The summed E-state index contributed by atoms with van der Waals surface area (Å²) in [6.45, 7) is 0.251. The predicted molar refractivity (Wildman–Crippen MR) is 103 cm³/mol. The number of aromatic amines is 1. The Morgan fingerprint density at radius 2 is 2.04 bits per heavy atom. The summed E-state index contributed by atoms with van der Waals surface area (Å²) in [5, 5.41) is 11.5. The Hall–Kier alpha value is -3.46. The van der Waals surface area contributed by atoms with Crippen molar-refractivity contribution in [2.24, 2.45) is 7.05 Å². The van der Waals surface area contributed by atoms with Gasteiger partial charge in [0.1, 0.15) is 11.6 Å². The number of aromatic nitrogens is 4. The molecule has 3 heterocycles. The lowest BCUT2D eigenvalue weighted by Gasteiger charge is -2.02. The van der Waals surface area contributed by atoms with Crippen molar-refractivity contribution in [1.82, 2.24) is 25.1 Å². The number of rotatable bonds is 5. The van der Waals surface area contributed by atoms with Crippen molar-refractivity contribution in [1.29, 1.82) is 0 Å². The van der Waals surface area contributed by atoms with Gasteiger partial charge in [0, 0.05) is 13.1 Å². The maximum Gasteiger partial charge on any atom is 0.272 e. The van der Waals surface area contributed by atoms with Crippen molar-refractivity contribution in [3.8, 4) is 0 Å². The predicted octanol–water partition coefficient (Wildman–Crippen LogP) is 2.54. The molecule has 0 unspecified atom stereocenters. The van der Waals surface area contributed by atoms with E-state index in [-0.39, 0.29) is 24.1 Å². The van der Waals surface area contributed by atoms with Crippen molar-refractivity contribution in [2.75, 3.05) is 5.32 Å². The van der Waals surface area contributed by atoms with Gasteiger partial charge in [-0.3, -0.25) is 14.3 Å². The zero-order valence-corrected chi connectivity index (χ0v) is 15.2.